The minimum atomic E-state index is -0.768. The molecule has 1 aromatic carbocycles. The van der Waals surface area contributed by atoms with Crippen LogP contribution in [0.25, 0.3) is 0 Å². The number of carbonyl (C=O) groups is 1. The number of likely N-dealkylation sites (tertiary alicyclic amines) is 1. The Kier molecular flexibility index (Phi) is 6.60. The number of aromatic nitrogens is 1. The van der Waals surface area contributed by atoms with E-state index in [1.165, 1.54) is 5.56 Å². The number of para-hydroxylation sites is 1. The number of carboxylic acid groups (broad SMARTS) is 1. The summed E-state index contributed by atoms with van der Waals surface area (Å²) >= 11 is 0. The molecule has 0 unspecified atom stereocenters. The molecule has 5 heteroatoms. The molecule has 2 heterocycles. The number of carboxylic acids is 1. The summed E-state index contributed by atoms with van der Waals surface area (Å²) in [6.45, 7) is 2.68. The zero-order valence-corrected chi connectivity index (χ0v) is 15.4. The van der Waals surface area contributed by atoms with Crippen LogP contribution in [0, 0.1) is 5.92 Å². The number of allylic oxidation sites excluding steroid dienone is 2. The molecule has 0 aliphatic carbocycles. The first-order valence-electron chi connectivity index (χ1n) is 9.39. The van der Waals surface area contributed by atoms with Gasteiger partial charge in [-0.25, -0.2) is 0 Å². The predicted octanol–water partition coefficient (Wildman–Crippen LogP) is 3.81. The number of hydrogen-bond donors (Lipinski definition) is 2. The molecule has 2 atom stereocenters. The zero-order valence-electron chi connectivity index (χ0n) is 15.4. The number of hydrogen-bond acceptors (Lipinski definition) is 4. The number of benzene rings is 1. The van der Waals surface area contributed by atoms with Crippen molar-refractivity contribution in [3.8, 4) is 5.75 Å². The summed E-state index contributed by atoms with van der Waals surface area (Å²) in [4.78, 5) is 17.2. The highest BCUT2D eigenvalue weighted by Gasteiger charge is 2.34. The fourth-order valence-corrected chi connectivity index (χ4v) is 3.83. The van der Waals surface area contributed by atoms with Crippen LogP contribution in [-0.2, 0) is 11.3 Å². The van der Waals surface area contributed by atoms with Gasteiger partial charge in [-0.1, -0.05) is 36.4 Å². The molecule has 1 aliphatic heterocycles. The minimum Gasteiger partial charge on any atom is -0.508 e. The predicted molar refractivity (Wildman–Crippen MR) is 104 cm³/mol. The molecule has 142 valence electrons. The van der Waals surface area contributed by atoms with E-state index in [0.717, 1.165) is 31.6 Å². The van der Waals surface area contributed by atoms with Crippen molar-refractivity contribution in [1.82, 2.24) is 9.88 Å². The molecule has 1 saturated heterocycles. The maximum atomic E-state index is 10.6. The highest BCUT2D eigenvalue weighted by atomic mass is 16.4. The molecule has 5 nitrogen and oxygen atoms in total. The van der Waals surface area contributed by atoms with Crippen molar-refractivity contribution in [3.05, 3.63) is 72.1 Å². The lowest BCUT2D eigenvalue weighted by molar-refractivity contribution is -0.136. The van der Waals surface area contributed by atoms with Gasteiger partial charge in [-0.15, -0.1) is 0 Å². The van der Waals surface area contributed by atoms with Gasteiger partial charge in [-0.3, -0.25) is 14.7 Å². The van der Waals surface area contributed by atoms with Crippen molar-refractivity contribution in [2.24, 2.45) is 5.92 Å². The summed E-state index contributed by atoms with van der Waals surface area (Å²) in [5, 5.41) is 19.1. The van der Waals surface area contributed by atoms with Gasteiger partial charge in [0.25, 0.3) is 0 Å². The van der Waals surface area contributed by atoms with E-state index in [-0.39, 0.29) is 12.3 Å². The summed E-state index contributed by atoms with van der Waals surface area (Å²) in [5.74, 6) is 0.226. The third-order valence-electron chi connectivity index (χ3n) is 5.11. The van der Waals surface area contributed by atoms with Crippen LogP contribution < -0.4 is 0 Å². The van der Waals surface area contributed by atoms with E-state index in [1.54, 1.807) is 12.3 Å². The first-order chi connectivity index (χ1) is 13.1. The summed E-state index contributed by atoms with van der Waals surface area (Å²) in [6, 6.07) is 11.6. The Hall–Kier alpha value is -2.66. The largest absolute Gasteiger partial charge is 0.508 e. The topological polar surface area (TPSA) is 73.7 Å². The van der Waals surface area contributed by atoms with Gasteiger partial charge in [-0.2, -0.15) is 0 Å². The molecule has 0 bridgehead atoms. The van der Waals surface area contributed by atoms with Gasteiger partial charge in [0.15, 0.2) is 0 Å². The Balaban J connectivity index is 1.69. The third kappa shape index (κ3) is 5.41. The van der Waals surface area contributed by atoms with Crippen molar-refractivity contribution in [2.45, 2.75) is 31.7 Å². The molecule has 0 spiro atoms. The van der Waals surface area contributed by atoms with Crippen LogP contribution in [0.15, 0.2) is 60.9 Å². The van der Waals surface area contributed by atoms with Crippen LogP contribution in [0.1, 0.15) is 36.3 Å². The molecule has 2 N–H and O–H groups in total. The SMILES string of the molecule is O=C(O)CC/C=C\C[C@@H]1CN(Cc2cccnc2)C[C@@H]1c1ccccc1O. The Bertz CT molecular complexity index is 776. The van der Waals surface area contributed by atoms with Gasteiger partial charge < -0.3 is 10.2 Å². The molecule has 1 aromatic heterocycles. The van der Waals surface area contributed by atoms with Crippen molar-refractivity contribution in [1.29, 1.82) is 0 Å². The molecule has 1 aliphatic rings. The zero-order chi connectivity index (χ0) is 19.1. The first-order valence-corrected chi connectivity index (χ1v) is 9.39. The lowest BCUT2D eigenvalue weighted by atomic mass is 9.86. The fourth-order valence-electron chi connectivity index (χ4n) is 3.83. The number of aromatic hydroxyl groups is 1. The molecule has 27 heavy (non-hydrogen) atoms. The van der Waals surface area contributed by atoms with Gasteiger partial charge >= 0.3 is 5.97 Å². The number of nitrogens with zero attached hydrogens (tertiary/aromatic N) is 2. The monoisotopic (exact) mass is 366 g/mol. The van der Waals surface area contributed by atoms with E-state index in [4.69, 9.17) is 5.11 Å². The lowest BCUT2D eigenvalue weighted by Crippen LogP contribution is -2.20. The lowest BCUT2D eigenvalue weighted by Gasteiger charge is -2.18. The third-order valence-corrected chi connectivity index (χ3v) is 5.11. The van der Waals surface area contributed by atoms with Gasteiger partial charge in [0.1, 0.15) is 5.75 Å². The second-order valence-corrected chi connectivity index (χ2v) is 7.12. The highest BCUT2D eigenvalue weighted by Crippen LogP contribution is 2.39. The summed E-state index contributed by atoms with van der Waals surface area (Å²) in [6.07, 6.45) is 9.33. The number of pyridine rings is 1. The van der Waals surface area contributed by atoms with E-state index in [1.807, 2.05) is 36.5 Å². The van der Waals surface area contributed by atoms with Crippen molar-refractivity contribution < 1.29 is 15.0 Å². The smallest absolute Gasteiger partial charge is 0.303 e. The van der Waals surface area contributed by atoms with Crippen LogP contribution >= 0.6 is 0 Å². The van der Waals surface area contributed by atoms with E-state index in [9.17, 15) is 9.90 Å². The maximum Gasteiger partial charge on any atom is 0.303 e. The van der Waals surface area contributed by atoms with Crippen LogP contribution in [-0.4, -0.2) is 39.2 Å². The summed E-state index contributed by atoms with van der Waals surface area (Å²) in [5.41, 5.74) is 2.18. The highest BCUT2D eigenvalue weighted by molar-refractivity contribution is 5.66. The first kappa shape index (κ1) is 19.1. The summed E-state index contributed by atoms with van der Waals surface area (Å²) in [7, 11) is 0. The Labute approximate surface area is 160 Å². The van der Waals surface area contributed by atoms with Crippen LogP contribution in [0.4, 0.5) is 0 Å². The Morgan fingerprint density at radius 3 is 2.78 bits per heavy atom. The quantitative estimate of drug-likeness (QED) is 0.695. The van der Waals surface area contributed by atoms with Gasteiger partial charge in [0, 0.05) is 44.4 Å². The van der Waals surface area contributed by atoms with Crippen LogP contribution in [0.2, 0.25) is 0 Å². The van der Waals surface area contributed by atoms with Crippen LogP contribution in [0.5, 0.6) is 5.75 Å². The van der Waals surface area contributed by atoms with Gasteiger partial charge in [0.05, 0.1) is 0 Å². The van der Waals surface area contributed by atoms with Crippen molar-refractivity contribution in [3.63, 3.8) is 0 Å². The minimum absolute atomic E-state index is 0.164. The molecule has 2 aromatic rings. The molecule has 0 radical (unpaired) electrons. The number of phenols is 1. The van der Waals surface area contributed by atoms with Crippen LogP contribution in [0.3, 0.4) is 0 Å². The van der Waals surface area contributed by atoms with Crippen molar-refractivity contribution in [2.75, 3.05) is 13.1 Å². The molecule has 1 fully saturated rings. The molecule has 0 amide bonds. The van der Waals surface area contributed by atoms with Crippen molar-refractivity contribution >= 4 is 5.97 Å². The summed E-state index contributed by atoms with van der Waals surface area (Å²) < 4.78 is 0. The molecule has 0 saturated carbocycles. The Morgan fingerprint density at radius 1 is 1.19 bits per heavy atom. The Morgan fingerprint density at radius 2 is 2.04 bits per heavy atom. The van der Waals surface area contributed by atoms with E-state index in [0.29, 0.717) is 18.1 Å². The average molecular weight is 366 g/mol. The van der Waals surface area contributed by atoms with E-state index < -0.39 is 5.97 Å². The second kappa shape index (κ2) is 9.33. The average Bonchev–Trinajstić information content (AvgIpc) is 3.05. The fraction of sp³-hybridized carbons (Fsp3) is 0.364. The number of aliphatic carboxylic acids is 1. The molecular weight excluding hydrogens is 340 g/mol. The normalized spacial score (nSPS) is 20.3. The number of phenolic OH excluding ortho intramolecular Hbond substituents is 1. The van der Waals surface area contributed by atoms with Gasteiger partial charge in [0.2, 0.25) is 0 Å². The molecule has 3 rings (SSSR count). The van der Waals surface area contributed by atoms with Gasteiger partial charge in [-0.05, 0) is 42.0 Å². The second-order valence-electron chi connectivity index (χ2n) is 7.12. The van der Waals surface area contributed by atoms with E-state index >= 15 is 0 Å². The maximum absolute atomic E-state index is 10.6. The standard InChI is InChI=1S/C22H26N2O3/c25-21-10-5-4-9-19(21)20-16-24(14-17-7-6-12-23-13-17)15-18(20)8-2-1-3-11-22(26)27/h1-2,4-7,9-10,12-13,18,20,25H,3,8,11,14-16H2,(H,26,27)/b2-1-/t18-,20+/m1/s1. The number of rotatable bonds is 8. The van der Waals surface area contributed by atoms with E-state index in [2.05, 4.69) is 22.0 Å². The molecular formula is C22H26N2O3.